The first-order valence-corrected chi connectivity index (χ1v) is 7.53. The molecule has 1 saturated carbocycles. The molecule has 0 radical (unpaired) electrons. The summed E-state index contributed by atoms with van der Waals surface area (Å²) in [7, 11) is 0. The molecule has 0 bridgehead atoms. The van der Waals surface area contributed by atoms with E-state index in [-0.39, 0.29) is 5.54 Å². The molecule has 1 rings (SSSR count). The lowest BCUT2D eigenvalue weighted by Crippen LogP contribution is -2.46. The Balaban J connectivity index is 2.12. The van der Waals surface area contributed by atoms with Crippen molar-refractivity contribution in [2.45, 2.75) is 70.9 Å². The van der Waals surface area contributed by atoms with E-state index in [4.69, 9.17) is 0 Å². The van der Waals surface area contributed by atoms with Crippen LogP contribution in [0.1, 0.15) is 59.8 Å². The van der Waals surface area contributed by atoms with Crippen LogP contribution < -0.4 is 10.6 Å². The van der Waals surface area contributed by atoms with Crippen molar-refractivity contribution >= 4 is 0 Å². The van der Waals surface area contributed by atoms with Gasteiger partial charge >= 0.3 is 0 Å². The standard InChI is InChI=1S/C15H32N2O/c1-5-13-6-8-15(18,9-7-13)12-16-10-11-17-14(2,3)4/h13,16-18H,5-12H2,1-4H3. The van der Waals surface area contributed by atoms with E-state index in [9.17, 15) is 5.11 Å². The summed E-state index contributed by atoms with van der Waals surface area (Å²) in [6.07, 6.45) is 5.57. The van der Waals surface area contributed by atoms with Crippen LogP contribution in [0.2, 0.25) is 0 Å². The quantitative estimate of drug-likeness (QED) is 0.639. The fourth-order valence-electron chi connectivity index (χ4n) is 2.65. The van der Waals surface area contributed by atoms with E-state index < -0.39 is 5.60 Å². The molecule has 0 amide bonds. The van der Waals surface area contributed by atoms with Crippen LogP contribution in [-0.2, 0) is 0 Å². The van der Waals surface area contributed by atoms with Crippen LogP contribution in [0.4, 0.5) is 0 Å². The van der Waals surface area contributed by atoms with Gasteiger partial charge in [0.25, 0.3) is 0 Å². The van der Waals surface area contributed by atoms with Gasteiger partial charge in [-0.25, -0.2) is 0 Å². The summed E-state index contributed by atoms with van der Waals surface area (Å²) >= 11 is 0. The highest BCUT2D eigenvalue weighted by Gasteiger charge is 2.31. The van der Waals surface area contributed by atoms with Crippen LogP contribution in [0.3, 0.4) is 0 Å². The summed E-state index contributed by atoms with van der Waals surface area (Å²) in [4.78, 5) is 0. The van der Waals surface area contributed by atoms with Crippen LogP contribution in [0, 0.1) is 5.92 Å². The van der Waals surface area contributed by atoms with Gasteiger partial charge in [0.15, 0.2) is 0 Å². The molecule has 3 nitrogen and oxygen atoms in total. The number of rotatable bonds is 6. The van der Waals surface area contributed by atoms with Crippen molar-refractivity contribution in [1.29, 1.82) is 0 Å². The highest BCUT2D eigenvalue weighted by atomic mass is 16.3. The Kier molecular flexibility index (Phi) is 6.09. The fraction of sp³-hybridized carbons (Fsp3) is 1.00. The first-order chi connectivity index (χ1) is 8.35. The summed E-state index contributed by atoms with van der Waals surface area (Å²) in [5, 5.41) is 17.3. The molecule has 0 heterocycles. The third kappa shape index (κ3) is 6.17. The van der Waals surface area contributed by atoms with Crippen molar-refractivity contribution in [2.24, 2.45) is 5.92 Å². The number of aliphatic hydroxyl groups is 1. The van der Waals surface area contributed by atoms with E-state index in [2.05, 4.69) is 38.3 Å². The van der Waals surface area contributed by atoms with Crippen LogP contribution in [-0.4, -0.2) is 35.9 Å². The lowest BCUT2D eigenvalue weighted by molar-refractivity contribution is -0.00838. The maximum absolute atomic E-state index is 10.5. The van der Waals surface area contributed by atoms with E-state index in [0.717, 1.165) is 38.4 Å². The van der Waals surface area contributed by atoms with Gasteiger partial charge < -0.3 is 15.7 Å². The molecular weight excluding hydrogens is 224 g/mol. The maximum Gasteiger partial charge on any atom is 0.0771 e. The molecule has 0 saturated heterocycles. The van der Waals surface area contributed by atoms with Crippen LogP contribution in [0.5, 0.6) is 0 Å². The Morgan fingerprint density at radius 3 is 2.28 bits per heavy atom. The second kappa shape index (κ2) is 6.88. The minimum atomic E-state index is -0.451. The molecular formula is C15H32N2O. The van der Waals surface area contributed by atoms with Crippen molar-refractivity contribution in [3.05, 3.63) is 0 Å². The van der Waals surface area contributed by atoms with Gasteiger partial charge in [0, 0.05) is 25.2 Å². The van der Waals surface area contributed by atoms with Crippen molar-refractivity contribution in [3.63, 3.8) is 0 Å². The Labute approximate surface area is 113 Å². The van der Waals surface area contributed by atoms with Gasteiger partial charge in [0.2, 0.25) is 0 Å². The molecule has 0 spiro atoms. The third-order valence-corrected chi connectivity index (χ3v) is 4.02. The van der Waals surface area contributed by atoms with Gasteiger partial charge in [-0.1, -0.05) is 13.3 Å². The number of hydrogen-bond acceptors (Lipinski definition) is 3. The zero-order valence-corrected chi connectivity index (χ0v) is 12.7. The van der Waals surface area contributed by atoms with Gasteiger partial charge in [-0.3, -0.25) is 0 Å². The molecule has 108 valence electrons. The Morgan fingerprint density at radius 2 is 1.78 bits per heavy atom. The summed E-state index contributed by atoms with van der Waals surface area (Å²) in [6.45, 7) is 11.4. The Morgan fingerprint density at radius 1 is 1.17 bits per heavy atom. The number of nitrogens with one attached hydrogen (secondary N) is 2. The lowest BCUT2D eigenvalue weighted by Gasteiger charge is -2.36. The van der Waals surface area contributed by atoms with Crippen molar-refractivity contribution < 1.29 is 5.11 Å². The monoisotopic (exact) mass is 256 g/mol. The second-order valence-electron chi connectivity index (χ2n) is 6.93. The summed E-state index contributed by atoms with van der Waals surface area (Å²) < 4.78 is 0. The minimum Gasteiger partial charge on any atom is -0.389 e. The van der Waals surface area contributed by atoms with Crippen molar-refractivity contribution in [1.82, 2.24) is 10.6 Å². The topological polar surface area (TPSA) is 44.3 Å². The summed E-state index contributed by atoms with van der Waals surface area (Å²) in [5.74, 6) is 0.841. The zero-order chi connectivity index (χ0) is 13.6. The molecule has 0 unspecified atom stereocenters. The van der Waals surface area contributed by atoms with E-state index in [0.29, 0.717) is 0 Å². The molecule has 0 aromatic carbocycles. The smallest absolute Gasteiger partial charge is 0.0771 e. The molecule has 1 aliphatic rings. The van der Waals surface area contributed by atoms with E-state index in [1.54, 1.807) is 0 Å². The predicted octanol–water partition coefficient (Wildman–Crippen LogP) is 2.30. The Bertz CT molecular complexity index is 227. The SMILES string of the molecule is CCC1CCC(O)(CNCCNC(C)(C)C)CC1. The molecule has 3 heteroatoms. The van der Waals surface area contributed by atoms with E-state index >= 15 is 0 Å². The zero-order valence-electron chi connectivity index (χ0n) is 12.7. The molecule has 3 N–H and O–H groups in total. The molecule has 0 aromatic heterocycles. The van der Waals surface area contributed by atoms with E-state index in [1.807, 2.05) is 0 Å². The molecule has 0 aliphatic heterocycles. The first-order valence-electron chi connectivity index (χ1n) is 7.53. The Hall–Kier alpha value is -0.120. The molecule has 0 aromatic rings. The molecule has 0 atom stereocenters. The van der Waals surface area contributed by atoms with Gasteiger partial charge in [0.05, 0.1) is 5.60 Å². The summed E-state index contributed by atoms with van der Waals surface area (Å²) in [6, 6.07) is 0. The van der Waals surface area contributed by atoms with Gasteiger partial charge in [-0.15, -0.1) is 0 Å². The lowest BCUT2D eigenvalue weighted by atomic mass is 9.78. The molecule has 18 heavy (non-hydrogen) atoms. The highest BCUT2D eigenvalue weighted by Crippen LogP contribution is 2.33. The minimum absolute atomic E-state index is 0.178. The van der Waals surface area contributed by atoms with Crippen LogP contribution in [0.15, 0.2) is 0 Å². The summed E-state index contributed by atoms with van der Waals surface area (Å²) in [5.41, 5.74) is -0.273. The van der Waals surface area contributed by atoms with E-state index in [1.165, 1.54) is 19.3 Å². The maximum atomic E-state index is 10.5. The van der Waals surface area contributed by atoms with Crippen molar-refractivity contribution in [2.75, 3.05) is 19.6 Å². The average Bonchev–Trinajstić information content (AvgIpc) is 2.28. The molecule has 1 aliphatic carbocycles. The van der Waals surface area contributed by atoms with Gasteiger partial charge in [-0.2, -0.15) is 0 Å². The predicted molar refractivity (Wildman–Crippen MR) is 77.8 cm³/mol. The van der Waals surface area contributed by atoms with Crippen LogP contribution >= 0.6 is 0 Å². The van der Waals surface area contributed by atoms with Gasteiger partial charge in [0.1, 0.15) is 0 Å². The fourth-order valence-corrected chi connectivity index (χ4v) is 2.65. The van der Waals surface area contributed by atoms with Crippen LogP contribution in [0.25, 0.3) is 0 Å². The van der Waals surface area contributed by atoms with Crippen molar-refractivity contribution in [3.8, 4) is 0 Å². The second-order valence-corrected chi connectivity index (χ2v) is 6.93. The highest BCUT2D eigenvalue weighted by molar-refractivity contribution is 4.87. The average molecular weight is 256 g/mol. The first kappa shape index (κ1) is 15.9. The largest absolute Gasteiger partial charge is 0.389 e. The number of hydrogen-bond donors (Lipinski definition) is 3. The third-order valence-electron chi connectivity index (χ3n) is 4.02. The molecule has 1 fully saturated rings. The van der Waals surface area contributed by atoms with Gasteiger partial charge in [-0.05, 0) is 52.4 Å². The normalized spacial score (nSPS) is 29.5.